The molecule has 0 saturated heterocycles. The first-order valence-electron chi connectivity index (χ1n) is 4.38. The molecule has 6 nitrogen and oxygen atoms in total. The molecule has 0 aliphatic rings. The fraction of sp³-hybridized carbons (Fsp3) is 0.500. The zero-order valence-electron chi connectivity index (χ0n) is 8.64. The van der Waals surface area contributed by atoms with E-state index in [2.05, 4.69) is 15.3 Å². The van der Waals surface area contributed by atoms with Crippen molar-refractivity contribution in [2.24, 2.45) is 0 Å². The van der Waals surface area contributed by atoms with E-state index in [4.69, 9.17) is 5.73 Å². The third-order valence-electron chi connectivity index (χ3n) is 1.60. The van der Waals surface area contributed by atoms with Gasteiger partial charge in [0.15, 0.2) is 0 Å². The summed E-state index contributed by atoms with van der Waals surface area (Å²) in [7, 11) is -2.99. The lowest BCUT2D eigenvalue weighted by Crippen LogP contribution is -2.25. The Balaban J connectivity index is 2.59. The fourth-order valence-electron chi connectivity index (χ4n) is 1.13. The molecular formula is C8H14N4O2S. The van der Waals surface area contributed by atoms with Crippen LogP contribution in [0.1, 0.15) is 6.92 Å². The Morgan fingerprint density at radius 2 is 2.00 bits per heavy atom. The topological polar surface area (TPSA) is 98.0 Å². The van der Waals surface area contributed by atoms with Crippen LogP contribution in [0.15, 0.2) is 12.4 Å². The maximum absolute atomic E-state index is 11.0. The van der Waals surface area contributed by atoms with Gasteiger partial charge in [-0.3, -0.25) is 0 Å². The zero-order valence-corrected chi connectivity index (χ0v) is 9.45. The highest BCUT2D eigenvalue weighted by molar-refractivity contribution is 7.90. The number of nitrogens with two attached hydrogens (primary N) is 1. The molecule has 15 heavy (non-hydrogen) atoms. The Morgan fingerprint density at radius 1 is 1.47 bits per heavy atom. The van der Waals surface area contributed by atoms with E-state index < -0.39 is 9.84 Å². The van der Waals surface area contributed by atoms with Gasteiger partial charge < -0.3 is 11.1 Å². The van der Waals surface area contributed by atoms with E-state index >= 15 is 0 Å². The first-order valence-corrected chi connectivity index (χ1v) is 6.44. The first kappa shape index (κ1) is 11.7. The summed E-state index contributed by atoms with van der Waals surface area (Å²) >= 11 is 0. The van der Waals surface area contributed by atoms with Gasteiger partial charge in [0.05, 0.1) is 23.8 Å². The molecule has 1 aromatic heterocycles. The van der Waals surface area contributed by atoms with Crippen LogP contribution in [0.2, 0.25) is 0 Å². The minimum atomic E-state index is -2.99. The van der Waals surface area contributed by atoms with Crippen LogP contribution in [0, 0.1) is 0 Å². The third kappa shape index (κ3) is 4.59. The summed E-state index contributed by atoms with van der Waals surface area (Å²) in [5.41, 5.74) is 5.88. The number of rotatable bonds is 4. The summed E-state index contributed by atoms with van der Waals surface area (Å²) < 4.78 is 22.0. The Hall–Kier alpha value is -1.37. The summed E-state index contributed by atoms with van der Waals surface area (Å²) in [6.07, 6.45) is 4.11. The fourth-order valence-corrected chi connectivity index (χ4v) is 2.12. The lowest BCUT2D eigenvalue weighted by Gasteiger charge is -2.11. The van der Waals surface area contributed by atoms with Gasteiger partial charge in [0.2, 0.25) is 5.95 Å². The van der Waals surface area contributed by atoms with Crippen molar-refractivity contribution in [1.82, 2.24) is 9.97 Å². The Labute approximate surface area is 88.8 Å². The number of sulfone groups is 1. The Kier molecular flexibility index (Phi) is 3.46. The number of aromatic nitrogens is 2. The van der Waals surface area contributed by atoms with Crippen molar-refractivity contribution in [2.45, 2.75) is 13.0 Å². The second-order valence-electron chi connectivity index (χ2n) is 3.48. The number of nitrogens with zero attached hydrogens (tertiary/aromatic N) is 2. The molecule has 0 fully saturated rings. The molecule has 0 aliphatic heterocycles. The van der Waals surface area contributed by atoms with E-state index in [1.807, 2.05) is 0 Å². The lowest BCUT2D eigenvalue weighted by atomic mass is 10.4. The lowest BCUT2D eigenvalue weighted by molar-refractivity contribution is 0.597. The van der Waals surface area contributed by atoms with Gasteiger partial charge in [-0.15, -0.1) is 0 Å². The van der Waals surface area contributed by atoms with Crippen LogP contribution in [0.4, 0.5) is 11.6 Å². The van der Waals surface area contributed by atoms with Gasteiger partial charge in [0, 0.05) is 12.3 Å². The van der Waals surface area contributed by atoms with Crippen molar-refractivity contribution >= 4 is 21.5 Å². The summed E-state index contributed by atoms with van der Waals surface area (Å²) in [5.74, 6) is 0.418. The van der Waals surface area contributed by atoms with Crippen molar-refractivity contribution in [1.29, 1.82) is 0 Å². The Bertz CT molecular complexity index is 415. The minimum Gasteiger partial charge on any atom is -0.396 e. The maximum atomic E-state index is 11.0. The van der Waals surface area contributed by atoms with Crippen LogP contribution < -0.4 is 11.1 Å². The highest BCUT2D eigenvalue weighted by atomic mass is 32.2. The molecule has 0 aliphatic carbocycles. The van der Waals surface area contributed by atoms with Crippen LogP contribution in [0.5, 0.6) is 0 Å². The molecule has 1 aromatic rings. The van der Waals surface area contributed by atoms with Crippen molar-refractivity contribution in [3.8, 4) is 0 Å². The number of nitrogens with one attached hydrogen (secondary N) is 1. The molecule has 1 atom stereocenters. The van der Waals surface area contributed by atoms with Gasteiger partial charge in [0.1, 0.15) is 9.84 Å². The predicted octanol–water partition coefficient (Wildman–Crippen LogP) is -0.0962. The molecule has 1 rings (SSSR count). The standard InChI is InChI=1S/C8H14N4O2S/c1-6(5-15(2,13)14)12-8-10-3-7(9)4-11-8/h3-4,6H,5,9H2,1-2H3,(H,10,11,12)/t6-/m0/s1. The average molecular weight is 230 g/mol. The zero-order chi connectivity index (χ0) is 11.5. The maximum Gasteiger partial charge on any atom is 0.222 e. The molecule has 7 heteroatoms. The number of anilines is 2. The highest BCUT2D eigenvalue weighted by Gasteiger charge is 2.10. The van der Waals surface area contributed by atoms with Crippen molar-refractivity contribution in [3.05, 3.63) is 12.4 Å². The van der Waals surface area contributed by atoms with Gasteiger partial charge in [-0.25, -0.2) is 18.4 Å². The molecular weight excluding hydrogens is 216 g/mol. The molecule has 0 aromatic carbocycles. The number of nitrogen functional groups attached to an aromatic ring is 1. The highest BCUT2D eigenvalue weighted by Crippen LogP contribution is 2.03. The van der Waals surface area contributed by atoms with Gasteiger partial charge in [0.25, 0.3) is 0 Å². The van der Waals surface area contributed by atoms with E-state index in [1.165, 1.54) is 18.6 Å². The van der Waals surface area contributed by atoms with Crippen LogP contribution in [-0.2, 0) is 9.84 Å². The quantitative estimate of drug-likeness (QED) is 0.749. The van der Waals surface area contributed by atoms with Crippen molar-refractivity contribution < 1.29 is 8.42 Å². The average Bonchev–Trinajstić information content (AvgIpc) is 2.05. The summed E-state index contributed by atoms with van der Waals surface area (Å²) in [6, 6.07) is -0.233. The number of hydrogen-bond acceptors (Lipinski definition) is 6. The first-order chi connectivity index (χ1) is 6.87. The summed E-state index contributed by atoms with van der Waals surface area (Å²) in [5, 5.41) is 2.87. The molecule has 0 saturated carbocycles. The summed E-state index contributed by atoms with van der Waals surface area (Å²) in [6.45, 7) is 1.75. The van der Waals surface area contributed by atoms with E-state index in [-0.39, 0.29) is 11.8 Å². The van der Waals surface area contributed by atoms with Gasteiger partial charge in [-0.1, -0.05) is 0 Å². The van der Waals surface area contributed by atoms with Crippen LogP contribution in [0.25, 0.3) is 0 Å². The monoisotopic (exact) mass is 230 g/mol. The molecule has 1 heterocycles. The SMILES string of the molecule is C[C@@H](CS(C)(=O)=O)Nc1ncc(N)cn1. The van der Waals surface area contributed by atoms with Crippen LogP contribution in [0.3, 0.4) is 0 Å². The minimum absolute atomic E-state index is 0.0424. The predicted molar refractivity (Wildman–Crippen MR) is 59.2 cm³/mol. The number of hydrogen-bond donors (Lipinski definition) is 2. The van der Waals surface area contributed by atoms with Gasteiger partial charge in [-0.05, 0) is 6.92 Å². The van der Waals surface area contributed by atoms with E-state index in [1.54, 1.807) is 6.92 Å². The molecule has 84 valence electrons. The largest absolute Gasteiger partial charge is 0.396 e. The van der Waals surface area contributed by atoms with Gasteiger partial charge in [-0.2, -0.15) is 0 Å². The van der Waals surface area contributed by atoms with Crippen LogP contribution >= 0.6 is 0 Å². The molecule has 3 N–H and O–H groups in total. The van der Waals surface area contributed by atoms with E-state index in [0.717, 1.165) is 0 Å². The van der Waals surface area contributed by atoms with Crippen molar-refractivity contribution in [3.63, 3.8) is 0 Å². The molecule has 0 amide bonds. The Morgan fingerprint density at radius 3 is 2.47 bits per heavy atom. The third-order valence-corrected chi connectivity index (χ3v) is 2.71. The summed E-state index contributed by atoms with van der Waals surface area (Å²) in [4.78, 5) is 7.81. The van der Waals surface area contributed by atoms with E-state index in [0.29, 0.717) is 11.6 Å². The molecule has 0 unspecified atom stereocenters. The van der Waals surface area contributed by atoms with E-state index in [9.17, 15) is 8.42 Å². The normalized spacial score (nSPS) is 13.5. The van der Waals surface area contributed by atoms with Crippen molar-refractivity contribution in [2.75, 3.05) is 23.1 Å². The van der Waals surface area contributed by atoms with Gasteiger partial charge >= 0.3 is 0 Å². The smallest absolute Gasteiger partial charge is 0.222 e. The molecule has 0 spiro atoms. The second-order valence-corrected chi connectivity index (χ2v) is 5.66. The second kappa shape index (κ2) is 4.43. The molecule has 0 radical (unpaired) electrons. The molecule has 0 bridgehead atoms. The van der Waals surface area contributed by atoms with Crippen LogP contribution in [-0.4, -0.2) is 36.4 Å².